The van der Waals surface area contributed by atoms with E-state index in [9.17, 15) is 9.59 Å². The fraction of sp³-hybridized carbons (Fsp3) is 0.250. The molecule has 1 heterocycles. The third-order valence-corrected chi connectivity index (χ3v) is 2.78. The van der Waals surface area contributed by atoms with E-state index in [1.54, 1.807) is 0 Å². The van der Waals surface area contributed by atoms with Gasteiger partial charge in [-0.3, -0.25) is 4.79 Å². The van der Waals surface area contributed by atoms with Crippen molar-refractivity contribution >= 4 is 40.0 Å². The van der Waals surface area contributed by atoms with Crippen LogP contribution in [0.1, 0.15) is 10.4 Å². The number of nitrogens with one attached hydrogen (secondary N) is 1. The standard InChI is InChI=1S/C8H9NO3S2/c1-13-4-6(10)9-7-2-5(3-14-7)8(11)12/h2-3H,4H2,1H3,(H,9,10)(H,11,12). The highest BCUT2D eigenvalue weighted by Gasteiger charge is 2.08. The molecule has 0 saturated heterocycles. The van der Waals surface area contributed by atoms with Crippen LogP contribution in [0.15, 0.2) is 11.4 Å². The molecule has 0 radical (unpaired) electrons. The quantitative estimate of drug-likeness (QED) is 0.828. The SMILES string of the molecule is CSCC(=O)Nc1cc(C(=O)O)cs1. The molecule has 0 aliphatic heterocycles. The molecule has 0 spiro atoms. The first-order valence-corrected chi connectivity index (χ1v) is 6.01. The number of carbonyl (C=O) groups is 2. The lowest BCUT2D eigenvalue weighted by atomic mass is 10.3. The Kier molecular flexibility index (Phi) is 3.97. The molecule has 0 fully saturated rings. The van der Waals surface area contributed by atoms with Crippen LogP contribution in [-0.2, 0) is 4.79 Å². The highest BCUT2D eigenvalue weighted by atomic mass is 32.2. The molecule has 0 unspecified atom stereocenters. The fourth-order valence-electron chi connectivity index (χ4n) is 0.819. The topological polar surface area (TPSA) is 66.4 Å². The summed E-state index contributed by atoms with van der Waals surface area (Å²) in [7, 11) is 0. The lowest BCUT2D eigenvalue weighted by Crippen LogP contribution is -2.12. The molecule has 0 atom stereocenters. The van der Waals surface area contributed by atoms with Crippen LogP contribution < -0.4 is 5.32 Å². The number of hydrogen-bond donors (Lipinski definition) is 2. The van der Waals surface area contributed by atoms with Gasteiger partial charge < -0.3 is 10.4 Å². The summed E-state index contributed by atoms with van der Waals surface area (Å²) in [4.78, 5) is 21.6. The van der Waals surface area contributed by atoms with Crippen molar-refractivity contribution in [3.8, 4) is 0 Å². The second-order valence-corrected chi connectivity index (χ2v) is 4.26. The van der Waals surface area contributed by atoms with Crippen LogP contribution >= 0.6 is 23.1 Å². The number of rotatable bonds is 4. The number of thioether (sulfide) groups is 1. The first-order valence-electron chi connectivity index (χ1n) is 3.74. The van der Waals surface area contributed by atoms with Crippen LogP contribution in [-0.4, -0.2) is 29.0 Å². The summed E-state index contributed by atoms with van der Waals surface area (Å²) in [6, 6.07) is 1.45. The first kappa shape index (κ1) is 11.1. The predicted octanol–water partition coefficient (Wildman–Crippen LogP) is 1.75. The lowest BCUT2D eigenvalue weighted by molar-refractivity contribution is -0.113. The van der Waals surface area contributed by atoms with Gasteiger partial charge in [-0.05, 0) is 12.3 Å². The van der Waals surface area contributed by atoms with Crippen molar-refractivity contribution in [2.45, 2.75) is 0 Å². The van der Waals surface area contributed by atoms with Gasteiger partial charge in [-0.2, -0.15) is 11.8 Å². The van der Waals surface area contributed by atoms with Gasteiger partial charge in [0, 0.05) is 5.38 Å². The molecule has 1 amide bonds. The number of aromatic carboxylic acids is 1. The fourth-order valence-corrected chi connectivity index (χ4v) is 1.94. The van der Waals surface area contributed by atoms with Crippen molar-refractivity contribution in [2.75, 3.05) is 17.3 Å². The molecule has 14 heavy (non-hydrogen) atoms. The van der Waals surface area contributed by atoms with E-state index in [4.69, 9.17) is 5.11 Å². The summed E-state index contributed by atoms with van der Waals surface area (Å²) in [6.45, 7) is 0. The monoisotopic (exact) mass is 231 g/mol. The molecular weight excluding hydrogens is 222 g/mol. The Morgan fingerprint density at radius 2 is 2.36 bits per heavy atom. The van der Waals surface area contributed by atoms with Crippen molar-refractivity contribution in [3.05, 3.63) is 17.0 Å². The lowest BCUT2D eigenvalue weighted by Gasteiger charge is -1.98. The van der Waals surface area contributed by atoms with E-state index in [0.29, 0.717) is 10.8 Å². The predicted molar refractivity (Wildman–Crippen MR) is 58.3 cm³/mol. The van der Waals surface area contributed by atoms with Crippen LogP contribution in [0.25, 0.3) is 0 Å². The largest absolute Gasteiger partial charge is 0.478 e. The van der Waals surface area contributed by atoms with Gasteiger partial charge >= 0.3 is 5.97 Å². The number of anilines is 1. The van der Waals surface area contributed by atoms with Gasteiger partial charge in [-0.25, -0.2) is 4.79 Å². The van der Waals surface area contributed by atoms with E-state index >= 15 is 0 Å². The third kappa shape index (κ3) is 3.04. The molecule has 1 rings (SSSR count). The minimum atomic E-state index is -0.980. The van der Waals surface area contributed by atoms with Crippen LogP contribution in [0.3, 0.4) is 0 Å². The number of carboxylic acids is 1. The maximum absolute atomic E-state index is 11.1. The normalized spacial score (nSPS) is 9.79. The Balaban J connectivity index is 2.59. The second kappa shape index (κ2) is 5.02. The zero-order chi connectivity index (χ0) is 10.6. The van der Waals surface area contributed by atoms with E-state index in [-0.39, 0.29) is 11.5 Å². The van der Waals surface area contributed by atoms with E-state index in [1.165, 1.54) is 34.5 Å². The molecular formula is C8H9NO3S2. The van der Waals surface area contributed by atoms with Crippen LogP contribution in [0.4, 0.5) is 5.00 Å². The highest BCUT2D eigenvalue weighted by molar-refractivity contribution is 7.99. The molecule has 0 saturated carbocycles. The zero-order valence-electron chi connectivity index (χ0n) is 7.44. The summed E-state index contributed by atoms with van der Waals surface area (Å²) in [5.74, 6) is -0.719. The molecule has 4 nitrogen and oxygen atoms in total. The number of carboxylic acid groups (broad SMARTS) is 1. The van der Waals surface area contributed by atoms with Gasteiger partial charge in [0.25, 0.3) is 0 Å². The van der Waals surface area contributed by atoms with Crippen molar-refractivity contribution in [1.82, 2.24) is 0 Å². The van der Waals surface area contributed by atoms with E-state index in [2.05, 4.69) is 5.32 Å². The Hall–Kier alpha value is -1.01. The molecule has 0 bridgehead atoms. The van der Waals surface area contributed by atoms with Gasteiger partial charge in [-0.15, -0.1) is 11.3 Å². The average Bonchev–Trinajstić information content (AvgIpc) is 2.53. The van der Waals surface area contributed by atoms with Crippen molar-refractivity contribution < 1.29 is 14.7 Å². The minimum Gasteiger partial charge on any atom is -0.478 e. The van der Waals surface area contributed by atoms with Gasteiger partial charge in [-0.1, -0.05) is 0 Å². The van der Waals surface area contributed by atoms with E-state index < -0.39 is 5.97 Å². The van der Waals surface area contributed by atoms with E-state index in [0.717, 1.165) is 0 Å². The van der Waals surface area contributed by atoms with Crippen molar-refractivity contribution in [1.29, 1.82) is 0 Å². The van der Waals surface area contributed by atoms with Gasteiger partial charge in [0.15, 0.2) is 0 Å². The van der Waals surface area contributed by atoms with Crippen LogP contribution in [0, 0.1) is 0 Å². The number of thiophene rings is 1. The van der Waals surface area contributed by atoms with Gasteiger partial charge in [0.05, 0.1) is 16.3 Å². The Morgan fingerprint density at radius 1 is 1.64 bits per heavy atom. The molecule has 0 aliphatic carbocycles. The average molecular weight is 231 g/mol. The number of amides is 1. The minimum absolute atomic E-state index is 0.115. The zero-order valence-corrected chi connectivity index (χ0v) is 9.08. The van der Waals surface area contributed by atoms with Gasteiger partial charge in [0.2, 0.25) is 5.91 Å². The summed E-state index contributed by atoms with van der Waals surface area (Å²) < 4.78 is 0. The Labute approximate surface area is 89.3 Å². The van der Waals surface area contributed by atoms with Crippen LogP contribution in [0.5, 0.6) is 0 Å². The molecule has 6 heteroatoms. The molecule has 76 valence electrons. The third-order valence-electron chi connectivity index (χ3n) is 1.38. The van der Waals surface area contributed by atoms with Crippen molar-refractivity contribution in [2.24, 2.45) is 0 Å². The summed E-state index contributed by atoms with van der Waals surface area (Å²) in [6.07, 6.45) is 1.83. The molecule has 2 N–H and O–H groups in total. The molecule has 0 aromatic carbocycles. The summed E-state index contributed by atoms with van der Waals surface area (Å²) in [5, 5.41) is 13.3. The van der Waals surface area contributed by atoms with Crippen molar-refractivity contribution in [3.63, 3.8) is 0 Å². The number of hydrogen-bond acceptors (Lipinski definition) is 4. The number of carbonyl (C=O) groups excluding carboxylic acids is 1. The Morgan fingerprint density at radius 3 is 2.86 bits per heavy atom. The smallest absolute Gasteiger partial charge is 0.336 e. The molecule has 1 aromatic rings. The van der Waals surface area contributed by atoms with E-state index in [1.807, 2.05) is 6.26 Å². The Bertz CT molecular complexity index is 348. The maximum atomic E-state index is 11.1. The molecule has 0 aliphatic rings. The summed E-state index contributed by atoms with van der Waals surface area (Å²) >= 11 is 2.63. The maximum Gasteiger partial charge on any atom is 0.336 e. The molecule has 1 aromatic heterocycles. The van der Waals surface area contributed by atoms with Gasteiger partial charge in [0.1, 0.15) is 0 Å². The second-order valence-electron chi connectivity index (χ2n) is 2.49. The van der Waals surface area contributed by atoms with Crippen LogP contribution in [0.2, 0.25) is 0 Å². The first-order chi connectivity index (χ1) is 6.63. The summed E-state index contributed by atoms with van der Waals surface area (Å²) in [5.41, 5.74) is 0.203. The highest BCUT2D eigenvalue weighted by Crippen LogP contribution is 2.20.